The summed E-state index contributed by atoms with van der Waals surface area (Å²) in [6, 6.07) is 12.9. The third-order valence-corrected chi connectivity index (χ3v) is 6.38. The zero-order valence-corrected chi connectivity index (χ0v) is 17.1. The minimum atomic E-state index is -1.17. The van der Waals surface area contributed by atoms with E-state index >= 15 is 0 Å². The van der Waals surface area contributed by atoms with Gasteiger partial charge in [-0.2, -0.15) is 0 Å². The average Bonchev–Trinajstić information content (AvgIpc) is 2.76. The first-order valence-electron chi connectivity index (χ1n) is 8.65. The number of amides is 1. The molecule has 1 unspecified atom stereocenters. The molecule has 7 heteroatoms. The van der Waals surface area contributed by atoms with E-state index in [2.05, 4.69) is 0 Å². The van der Waals surface area contributed by atoms with Crippen molar-refractivity contribution in [2.75, 3.05) is 39.2 Å². The fourth-order valence-electron chi connectivity index (χ4n) is 3.00. The maximum atomic E-state index is 13.1. The summed E-state index contributed by atoms with van der Waals surface area (Å²) in [5.74, 6) is 0.412. The molecule has 2 atom stereocenters. The molecule has 144 valence electrons. The summed E-state index contributed by atoms with van der Waals surface area (Å²) in [5, 5.41) is 11.0. The molecule has 2 aromatic rings. The van der Waals surface area contributed by atoms with Gasteiger partial charge in [0.05, 0.1) is 28.0 Å². The van der Waals surface area contributed by atoms with Gasteiger partial charge in [0.25, 0.3) is 5.91 Å². The number of hydrogen-bond donors (Lipinski definition) is 1. The number of benzene rings is 2. The Morgan fingerprint density at radius 2 is 1.93 bits per heavy atom. The molecule has 5 nitrogen and oxygen atoms in total. The van der Waals surface area contributed by atoms with Crippen LogP contribution in [0.5, 0.6) is 5.75 Å². The summed E-state index contributed by atoms with van der Waals surface area (Å²) in [6.45, 7) is 1.16. The molecule has 0 saturated heterocycles. The van der Waals surface area contributed by atoms with Gasteiger partial charge in [-0.3, -0.25) is 4.79 Å². The van der Waals surface area contributed by atoms with Crippen molar-refractivity contribution in [3.8, 4) is 5.75 Å². The standard InChI is InChI=1S/C20H23ClN2O3S/c1-22(2)11-12-23-16-6-4-5-15(21)19(16)27-18(17(24)20(23)25)13-7-9-14(26-3)10-8-13/h4-10,17-18,24H,11-12H2,1-3H3/t17?,18-/m0/s1. The van der Waals surface area contributed by atoms with Crippen molar-refractivity contribution in [1.29, 1.82) is 0 Å². The van der Waals surface area contributed by atoms with Gasteiger partial charge >= 0.3 is 0 Å². The van der Waals surface area contributed by atoms with E-state index in [-0.39, 0.29) is 5.91 Å². The molecule has 0 aromatic heterocycles. The smallest absolute Gasteiger partial charge is 0.257 e. The Hall–Kier alpha value is -1.73. The monoisotopic (exact) mass is 406 g/mol. The molecule has 3 rings (SSSR count). The molecule has 0 fully saturated rings. The van der Waals surface area contributed by atoms with Gasteiger partial charge in [0.1, 0.15) is 11.9 Å². The first kappa shape index (κ1) is 20.0. The van der Waals surface area contributed by atoms with Crippen molar-refractivity contribution in [1.82, 2.24) is 4.90 Å². The zero-order valence-electron chi connectivity index (χ0n) is 15.6. The quantitative estimate of drug-likeness (QED) is 0.824. The van der Waals surface area contributed by atoms with Crippen molar-refractivity contribution in [2.24, 2.45) is 0 Å². The van der Waals surface area contributed by atoms with Crippen LogP contribution in [0.4, 0.5) is 5.69 Å². The highest BCUT2D eigenvalue weighted by Gasteiger charge is 2.38. The second kappa shape index (κ2) is 8.52. The topological polar surface area (TPSA) is 53.0 Å². The van der Waals surface area contributed by atoms with Gasteiger partial charge in [0.2, 0.25) is 0 Å². The Balaban J connectivity index is 2.02. The van der Waals surface area contributed by atoms with Gasteiger partial charge in [0.15, 0.2) is 0 Å². The van der Waals surface area contributed by atoms with E-state index in [1.54, 1.807) is 12.0 Å². The van der Waals surface area contributed by atoms with Crippen molar-refractivity contribution in [2.45, 2.75) is 16.2 Å². The van der Waals surface area contributed by atoms with E-state index in [1.165, 1.54) is 11.8 Å². The summed E-state index contributed by atoms with van der Waals surface area (Å²) in [6.07, 6.45) is -1.17. The maximum absolute atomic E-state index is 13.1. The molecule has 0 saturated carbocycles. The summed E-state index contributed by atoms with van der Waals surface area (Å²) in [4.78, 5) is 17.6. The third kappa shape index (κ3) is 4.24. The van der Waals surface area contributed by atoms with Crippen molar-refractivity contribution < 1.29 is 14.6 Å². The summed E-state index contributed by atoms with van der Waals surface area (Å²) >= 11 is 7.89. The highest BCUT2D eigenvalue weighted by Crippen LogP contribution is 2.48. The van der Waals surface area contributed by atoms with Crippen LogP contribution in [0.15, 0.2) is 47.4 Å². The van der Waals surface area contributed by atoms with Crippen LogP contribution < -0.4 is 9.64 Å². The van der Waals surface area contributed by atoms with Gasteiger partial charge in [-0.1, -0.05) is 29.8 Å². The summed E-state index contributed by atoms with van der Waals surface area (Å²) < 4.78 is 5.21. The van der Waals surface area contributed by atoms with Gasteiger partial charge in [-0.25, -0.2) is 0 Å². The molecule has 1 aliphatic heterocycles. The predicted molar refractivity (Wildman–Crippen MR) is 110 cm³/mol. The Kier molecular flexibility index (Phi) is 6.32. The fraction of sp³-hybridized carbons (Fsp3) is 0.350. The first-order valence-corrected chi connectivity index (χ1v) is 9.91. The van der Waals surface area contributed by atoms with Crippen LogP contribution in [-0.2, 0) is 4.79 Å². The molecular formula is C20H23ClN2O3S. The Bertz CT molecular complexity index is 813. The van der Waals surface area contributed by atoms with Crippen LogP contribution in [0.3, 0.4) is 0 Å². The second-order valence-electron chi connectivity index (χ2n) is 6.64. The van der Waals surface area contributed by atoms with Crippen LogP contribution in [0.25, 0.3) is 0 Å². The maximum Gasteiger partial charge on any atom is 0.257 e. The third-order valence-electron chi connectivity index (χ3n) is 4.50. The highest BCUT2D eigenvalue weighted by molar-refractivity contribution is 8.00. The normalized spacial score (nSPS) is 19.8. The van der Waals surface area contributed by atoms with Gasteiger partial charge in [-0.15, -0.1) is 11.8 Å². The molecule has 1 aliphatic rings. The summed E-state index contributed by atoms with van der Waals surface area (Å²) in [5.41, 5.74) is 1.59. The lowest BCUT2D eigenvalue weighted by atomic mass is 10.1. The highest BCUT2D eigenvalue weighted by atomic mass is 35.5. The fourth-order valence-corrected chi connectivity index (χ4v) is 4.58. The number of rotatable bonds is 5. The molecule has 0 bridgehead atoms. The van der Waals surface area contributed by atoms with E-state index in [0.29, 0.717) is 18.1 Å². The van der Waals surface area contributed by atoms with Crippen LogP contribution >= 0.6 is 23.4 Å². The van der Waals surface area contributed by atoms with Crippen molar-refractivity contribution >= 4 is 35.0 Å². The minimum absolute atomic E-state index is 0.314. The number of carbonyl (C=O) groups is 1. The SMILES string of the molecule is COc1ccc([C@@H]2Sc3c(Cl)cccc3N(CCN(C)C)C(=O)C2O)cc1. The molecule has 1 heterocycles. The van der Waals surface area contributed by atoms with Crippen LogP contribution in [-0.4, -0.2) is 56.3 Å². The molecule has 1 N–H and O–H groups in total. The number of likely N-dealkylation sites (N-methyl/N-ethyl adjacent to an activating group) is 1. The number of nitrogens with zero attached hydrogens (tertiary/aromatic N) is 2. The molecular weight excluding hydrogens is 384 g/mol. The molecule has 27 heavy (non-hydrogen) atoms. The van der Waals surface area contributed by atoms with Crippen LogP contribution in [0.1, 0.15) is 10.8 Å². The van der Waals surface area contributed by atoms with Crippen molar-refractivity contribution in [3.05, 3.63) is 53.1 Å². The van der Waals surface area contributed by atoms with Crippen LogP contribution in [0, 0.1) is 0 Å². The Morgan fingerprint density at radius 3 is 2.56 bits per heavy atom. The number of hydrogen-bond acceptors (Lipinski definition) is 5. The number of methoxy groups -OCH3 is 1. The lowest BCUT2D eigenvalue weighted by molar-refractivity contribution is -0.126. The van der Waals surface area contributed by atoms with Gasteiger partial charge < -0.3 is 19.6 Å². The number of fused-ring (bicyclic) bond motifs is 1. The molecule has 2 aromatic carbocycles. The number of ether oxygens (including phenoxy) is 1. The molecule has 0 spiro atoms. The van der Waals surface area contributed by atoms with E-state index < -0.39 is 11.4 Å². The molecule has 0 aliphatic carbocycles. The Labute approximate surface area is 168 Å². The van der Waals surface area contributed by atoms with E-state index in [4.69, 9.17) is 16.3 Å². The molecule has 0 radical (unpaired) electrons. The largest absolute Gasteiger partial charge is 0.497 e. The van der Waals surface area contributed by atoms with E-state index in [9.17, 15) is 9.90 Å². The molecule has 1 amide bonds. The van der Waals surface area contributed by atoms with E-state index in [1.807, 2.05) is 61.5 Å². The lowest BCUT2D eigenvalue weighted by Gasteiger charge is -2.26. The first-order chi connectivity index (χ1) is 12.9. The lowest BCUT2D eigenvalue weighted by Crippen LogP contribution is -2.43. The predicted octanol–water partition coefficient (Wildman–Crippen LogP) is 3.45. The average molecular weight is 407 g/mol. The second-order valence-corrected chi connectivity index (χ2v) is 8.20. The van der Waals surface area contributed by atoms with Gasteiger partial charge in [-0.05, 0) is 43.9 Å². The summed E-state index contributed by atoms with van der Waals surface area (Å²) in [7, 11) is 5.51. The Morgan fingerprint density at radius 1 is 1.22 bits per heavy atom. The number of aliphatic hydroxyl groups excluding tert-OH is 1. The number of carbonyl (C=O) groups excluding carboxylic acids is 1. The zero-order chi connectivity index (χ0) is 19.6. The number of thioether (sulfide) groups is 1. The van der Waals surface area contributed by atoms with E-state index in [0.717, 1.165) is 21.9 Å². The van der Waals surface area contributed by atoms with Crippen LogP contribution in [0.2, 0.25) is 5.02 Å². The minimum Gasteiger partial charge on any atom is -0.497 e. The van der Waals surface area contributed by atoms with Gasteiger partial charge in [0, 0.05) is 13.1 Å². The number of anilines is 1. The number of halogens is 1. The van der Waals surface area contributed by atoms with Crippen molar-refractivity contribution in [3.63, 3.8) is 0 Å². The number of aliphatic hydroxyl groups is 1.